The van der Waals surface area contributed by atoms with E-state index in [2.05, 4.69) is 19.9 Å². The van der Waals surface area contributed by atoms with Crippen molar-refractivity contribution >= 4 is 26.8 Å². The first kappa shape index (κ1) is 13.6. The molecule has 0 aliphatic carbocycles. The fourth-order valence-corrected chi connectivity index (χ4v) is 2.81. The van der Waals surface area contributed by atoms with Crippen molar-refractivity contribution in [3.05, 3.63) is 36.5 Å². The van der Waals surface area contributed by atoms with E-state index in [1.165, 1.54) is 12.4 Å². The van der Waals surface area contributed by atoms with E-state index in [1.807, 2.05) is 13.8 Å². The van der Waals surface area contributed by atoms with Gasteiger partial charge in [0.15, 0.2) is 11.5 Å². The molecule has 0 amide bonds. The van der Waals surface area contributed by atoms with Gasteiger partial charge in [0.25, 0.3) is 10.0 Å². The molecule has 8 heteroatoms. The average Bonchev–Trinajstić information content (AvgIpc) is 3.07. The van der Waals surface area contributed by atoms with Gasteiger partial charge in [-0.3, -0.25) is 9.82 Å². The Kier molecular flexibility index (Phi) is 3.17. The Bertz CT molecular complexity index is 866. The highest BCUT2D eigenvalue weighted by atomic mass is 32.2. The minimum Gasteiger partial charge on any atom is -0.440 e. The summed E-state index contributed by atoms with van der Waals surface area (Å²) in [6.45, 7) is 3.96. The molecule has 0 aliphatic rings. The summed E-state index contributed by atoms with van der Waals surface area (Å²) in [4.78, 5) is 4.42. The topological polar surface area (TPSA) is 101 Å². The predicted octanol–water partition coefficient (Wildman–Crippen LogP) is 2.48. The molecule has 0 bridgehead atoms. The molecule has 21 heavy (non-hydrogen) atoms. The van der Waals surface area contributed by atoms with Crippen molar-refractivity contribution in [1.82, 2.24) is 15.2 Å². The van der Waals surface area contributed by atoms with Crippen molar-refractivity contribution in [2.75, 3.05) is 4.72 Å². The molecule has 110 valence electrons. The lowest BCUT2D eigenvalue weighted by Crippen LogP contribution is -2.12. The number of nitrogens with one attached hydrogen (secondary N) is 2. The van der Waals surface area contributed by atoms with Gasteiger partial charge in [0.2, 0.25) is 0 Å². The standard InChI is InChI=1S/C13H14N4O3S/c1-8(2)13-16-11-5-9(3-4-12(11)20-13)17-21(18,19)10-6-14-15-7-10/h3-8,17H,1-2H3,(H,14,15). The lowest BCUT2D eigenvalue weighted by atomic mass is 10.2. The van der Waals surface area contributed by atoms with Gasteiger partial charge in [0.1, 0.15) is 10.4 Å². The van der Waals surface area contributed by atoms with Crippen LogP contribution < -0.4 is 4.72 Å². The van der Waals surface area contributed by atoms with Gasteiger partial charge in [-0.15, -0.1) is 0 Å². The molecule has 3 rings (SSSR count). The summed E-state index contributed by atoms with van der Waals surface area (Å²) in [6.07, 6.45) is 2.56. The van der Waals surface area contributed by atoms with E-state index in [0.29, 0.717) is 22.7 Å². The number of aromatic nitrogens is 3. The molecule has 0 saturated heterocycles. The van der Waals surface area contributed by atoms with Gasteiger partial charge in [-0.05, 0) is 18.2 Å². The molecule has 1 aromatic carbocycles. The number of oxazole rings is 1. The molecular formula is C13H14N4O3S. The van der Waals surface area contributed by atoms with Crippen LogP contribution in [0.15, 0.2) is 39.9 Å². The third-order valence-corrected chi connectivity index (χ3v) is 4.28. The van der Waals surface area contributed by atoms with Crippen LogP contribution in [0, 0.1) is 0 Å². The maximum Gasteiger partial charge on any atom is 0.265 e. The van der Waals surface area contributed by atoms with E-state index in [-0.39, 0.29) is 10.8 Å². The third-order valence-electron chi connectivity index (χ3n) is 2.93. The fourth-order valence-electron chi connectivity index (χ4n) is 1.86. The maximum atomic E-state index is 12.1. The number of fused-ring (bicyclic) bond motifs is 1. The quantitative estimate of drug-likeness (QED) is 0.771. The molecule has 2 aromatic heterocycles. The number of sulfonamides is 1. The Morgan fingerprint density at radius 2 is 2.14 bits per heavy atom. The van der Waals surface area contributed by atoms with Crippen LogP contribution in [0.5, 0.6) is 0 Å². The molecule has 0 fully saturated rings. The molecule has 0 radical (unpaired) electrons. The Morgan fingerprint density at radius 1 is 1.33 bits per heavy atom. The number of benzene rings is 1. The van der Waals surface area contributed by atoms with Crippen molar-refractivity contribution in [2.45, 2.75) is 24.7 Å². The van der Waals surface area contributed by atoms with Crippen LogP contribution in [0.4, 0.5) is 5.69 Å². The number of rotatable bonds is 4. The van der Waals surface area contributed by atoms with E-state index in [1.54, 1.807) is 18.2 Å². The zero-order valence-electron chi connectivity index (χ0n) is 11.5. The third kappa shape index (κ3) is 2.62. The summed E-state index contributed by atoms with van der Waals surface area (Å²) in [7, 11) is -3.65. The number of aromatic amines is 1. The van der Waals surface area contributed by atoms with Crippen LogP contribution in [0.25, 0.3) is 11.1 Å². The maximum absolute atomic E-state index is 12.1. The summed E-state index contributed by atoms with van der Waals surface area (Å²) in [6, 6.07) is 4.97. The SMILES string of the molecule is CC(C)c1nc2cc(NS(=O)(=O)c3cn[nH]c3)ccc2o1. The van der Waals surface area contributed by atoms with E-state index in [9.17, 15) is 8.42 Å². The number of hydrogen-bond donors (Lipinski definition) is 2. The van der Waals surface area contributed by atoms with Crippen LogP contribution in [-0.2, 0) is 10.0 Å². The molecule has 2 N–H and O–H groups in total. The summed E-state index contributed by atoms with van der Waals surface area (Å²) in [5.41, 5.74) is 1.67. The second-order valence-corrected chi connectivity index (χ2v) is 6.61. The number of H-pyrrole nitrogens is 1. The lowest BCUT2D eigenvalue weighted by Gasteiger charge is -2.05. The first-order valence-corrected chi connectivity index (χ1v) is 7.86. The molecule has 0 aliphatic heterocycles. The van der Waals surface area contributed by atoms with Gasteiger partial charge >= 0.3 is 0 Å². The van der Waals surface area contributed by atoms with E-state index < -0.39 is 10.0 Å². The summed E-state index contributed by atoms with van der Waals surface area (Å²) >= 11 is 0. The van der Waals surface area contributed by atoms with Crippen molar-refractivity contribution < 1.29 is 12.8 Å². The zero-order chi connectivity index (χ0) is 15.0. The Balaban J connectivity index is 1.95. The van der Waals surface area contributed by atoms with Gasteiger partial charge in [-0.1, -0.05) is 13.8 Å². The molecule has 3 aromatic rings. The van der Waals surface area contributed by atoms with E-state index >= 15 is 0 Å². The first-order valence-electron chi connectivity index (χ1n) is 6.38. The van der Waals surface area contributed by atoms with Gasteiger partial charge < -0.3 is 4.42 Å². The second kappa shape index (κ2) is 4.88. The molecular weight excluding hydrogens is 292 g/mol. The summed E-state index contributed by atoms with van der Waals surface area (Å²) in [5.74, 6) is 0.795. The molecule has 0 saturated carbocycles. The Hall–Kier alpha value is -2.35. The summed E-state index contributed by atoms with van der Waals surface area (Å²) in [5, 5.41) is 6.10. The van der Waals surface area contributed by atoms with Crippen LogP contribution in [0.2, 0.25) is 0 Å². The van der Waals surface area contributed by atoms with Gasteiger partial charge in [-0.2, -0.15) is 5.10 Å². The minimum absolute atomic E-state index is 0.0746. The smallest absolute Gasteiger partial charge is 0.265 e. The monoisotopic (exact) mass is 306 g/mol. The highest BCUT2D eigenvalue weighted by Crippen LogP contribution is 2.24. The average molecular weight is 306 g/mol. The van der Waals surface area contributed by atoms with E-state index in [0.717, 1.165) is 0 Å². The normalized spacial score (nSPS) is 12.1. The van der Waals surface area contributed by atoms with Gasteiger partial charge in [0.05, 0.1) is 11.9 Å². The number of anilines is 1. The Labute approximate surface area is 121 Å². The van der Waals surface area contributed by atoms with Gasteiger partial charge in [-0.25, -0.2) is 13.4 Å². The second-order valence-electron chi connectivity index (χ2n) is 4.93. The van der Waals surface area contributed by atoms with Crippen LogP contribution >= 0.6 is 0 Å². The number of hydrogen-bond acceptors (Lipinski definition) is 5. The van der Waals surface area contributed by atoms with Crippen molar-refractivity contribution in [3.63, 3.8) is 0 Å². The largest absolute Gasteiger partial charge is 0.440 e. The highest BCUT2D eigenvalue weighted by molar-refractivity contribution is 7.92. The van der Waals surface area contributed by atoms with E-state index in [4.69, 9.17) is 4.42 Å². The molecule has 7 nitrogen and oxygen atoms in total. The molecule has 2 heterocycles. The molecule has 0 unspecified atom stereocenters. The van der Waals surface area contributed by atoms with Crippen LogP contribution in [0.3, 0.4) is 0 Å². The lowest BCUT2D eigenvalue weighted by molar-refractivity contribution is 0.501. The molecule has 0 spiro atoms. The minimum atomic E-state index is -3.65. The summed E-state index contributed by atoms with van der Waals surface area (Å²) < 4.78 is 32.3. The fraction of sp³-hybridized carbons (Fsp3) is 0.231. The Morgan fingerprint density at radius 3 is 2.81 bits per heavy atom. The van der Waals surface area contributed by atoms with Crippen molar-refractivity contribution in [1.29, 1.82) is 0 Å². The van der Waals surface area contributed by atoms with Crippen molar-refractivity contribution in [2.24, 2.45) is 0 Å². The highest BCUT2D eigenvalue weighted by Gasteiger charge is 2.16. The predicted molar refractivity (Wildman–Crippen MR) is 77.5 cm³/mol. The van der Waals surface area contributed by atoms with Crippen molar-refractivity contribution in [3.8, 4) is 0 Å². The zero-order valence-corrected chi connectivity index (χ0v) is 12.3. The first-order chi connectivity index (χ1) is 9.95. The molecule has 0 atom stereocenters. The number of nitrogens with zero attached hydrogens (tertiary/aromatic N) is 2. The van der Waals surface area contributed by atoms with Crippen LogP contribution in [0.1, 0.15) is 25.7 Å². The van der Waals surface area contributed by atoms with Crippen LogP contribution in [-0.4, -0.2) is 23.6 Å². The van der Waals surface area contributed by atoms with Gasteiger partial charge in [0, 0.05) is 12.1 Å².